The molecule has 32 heavy (non-hydrogen) atoms. The van der Waals surface area contributed by atoms with E-state index in [0.717, 1.165) is 47.9 Å². The molecule has 1 aliphatic carbocycles. The van der Waals surface area contributed by atoms with Crippen LogP contribution in [0.1, 0.15) is 40.6 Å². The molecule has 10 nitrogen and oxygen atoms in total. The Morgan fingerprint density at radius 3 is 2.94 bits per heavy atom. The van der Waals surface area contributed by atoms with Crippen molar-refractivity contribution < 1.29 is 24.2 Å². The first-order valence-electron chi connectivity index (χ1n) is 10.4. The van der Waals surface area contributed by atoms with Gasteiger partial charge in [0.2, 0.25) is 5.91 Å². The molecule has 1 aromatic heterocycles. The van der Waals surface area contributed by atoms with Crippen LogP contribution in [0.3, 0.4) is 0 Å². The minimum Gasteiger partial charge on any atom is -0.462 e. The number of nitrogens with one attached hydrogen (secondary N) is 1. The number of carbonyl (C=O) groups is 3. The first-order chi connectivity index (χ1) is 15.5. The molecule has 0 fully saturated rings. The van der Waals surface area contributed by atoms with Crippen LogP contribution < -0.4 is 5.32 Å². The van der Waals surface area contributed by atoms with Crippen LogP contribution in [0, 0.1) is 5.92 Å². The second-order valence-electron chi connectivity index (χ2n) is 7.26. The van der Waals surface area contributed by atoms with Crippen molar-refractivity contribution >= 4 is 63.1 Å². The zero-order chi connectivity index (χ0) is 22.7. The molecule has 170 valence electrons. The number of thioether (sulfide) groups is 1. The van der Waals surface area contributed by atoms with Gasteiger partial charge in [0, 0.05) is 11.1 Å². The van der Waals surface area contributed by atoms with E-state index < -0.39 is 17.8 Å². The maximum absolute atomic E-state index is 12.6. The number of hydrogen-bond acceptors (Lipinski definition) is 10. The SMILES string of the molecule is CCOC(=O)c1c(NC(=O)CSC2=NC(=O)C3C=NN(CCO)C3=N2)sc2c1CCCC2. The largest absolute Gasteiger partial charge is 0.462 e. The van der Waals surface area contributed by atoms with E-state index in [2.05, 4.69) is 20.4 Å². The van der Waals surface area contributed by atoms with E-state index in [4.69, 9.17) is 9.84 Å². The number of aliphatic hydroxyl groups excluding tert-OH is 1. The number of fused-ring (bicyclic) bond motifs is 2. The Bertz CT molecular complexity index is 1030. The van der Waals surface area contributed by atoms with E-state index in [0.29, 0.717) is 16.4 Å². The van der Waals surface area contributed by atoms with Crippen molar-refractivity contribution in [1.82, 2.24) is 5.01 Å². The number of nitrogens with zero attached hydrogens (tertiary/aromatic N) is 4. The third-order valence-electron chi connectivity index (χ3n) is 5.13. The van der Waals surface area contributed by atoms with Crippen molar-refractivity contribution in [3.63, 3.8) is 0 Å². The van der Waals surface area contributed by atoms with Gasteiger partial charge in [0.25, 0.3) is 5.91 Å². The molecule has 1 unspecified atom stereocenters. The monoisotopic (exact) mass is 477 g/mol. The number of aryl methyl sites for hydroxylation is 1. The molecule has 1 atom stereocenters. The van der Waals surface area contributed by atoms with E-state index in [1.807, 2.05) is 0 Å². The lowest BCUT2D eigenvalue weighted by Crippen LogP contribution is -2.35. The normalized spacial score (nSPS) is 19.2. The van der Waals surface area contributed by atoms with Gasteiger partial charge in [0.15, 0.2) is 5.17 Å². The highest BCUT2D eigenvalue weighted by Crippen LogP contribution is 2.38. The smallest absolute Gasteiger partial charge is 0.341 e. The highest BCUT2D eigenvalue weighted by atomic mass is 32.2. The number of esters is 1. The van der Waals surface area contributed by atoms with Gasteiger partial charge >= 0.3 is 5.97 Å². The summed E-state index contributed by atoms with van der Waals surface area (Å²) in [7, 11) is 0. The van der Waals surface area contributed by atoms with E-state index >= 15 is 0 Å². The van der Waals surface area contributed by atoms with E-state index in [1.165, 1.54) is 22.6 Å². The third kappa shape index (κ3) is 4.62. The summed E-state index contributed by atoms with van der Waals surface area (Å²) in [4.78, 5) is 46.8. The van der Waals surface area contributed by atoms with Gasteiger partial charge in [0.05, 0.1) is 31.1 Å². The Balaban J connectivity index is 1.44. The second-order valence-corrected chi connectivity index (χ2v) is 9.31. The fraction of sp³-hybridized carbons (Fsp3) is 0.500. The number of aliphatic hydroxyl groups is 1. The van der Waals surface area contributed by atoms with Gasteiger partial charge < -0.3 is 15.2 Å². The fourth-order valence-electron chi connectivity index (χ4n) is 3.72. The summed E-state index contributed by atoms with van der Waals surface area (Å²) >= 11 is 2.45. The van der Waals surface area contributed by atoms with Crippen LogP contribution in [-0.4, -0.2) is 70.6 Å². The first-order valence-corrected chi connectivity index (χ1v) is 12.2. The molecular weight excluding hydrogens is 454 g/mol. The number of carbonyl (C=O) groups excluding carboxylic acids is 3. The molecule has 2 N–H and O–H groups in total. The van der Waals surface area contributed by atoms with Gasteiger partial charge in [-0.3, -0.25) is 9.59 Å². The van der Waals surface area contributed by atoms with Gasteiger partial charge in [-0.2, -0.15) is 10.1 Å². The van der Waals surface area contributed by atoms with Gasteiger partial charge in [-0.25, -0.2) is 14.8 Å². The fourth-order valence-corrected chi connectivity index (χ4v) is 5.66. The summed E-state index contributed by atoms with van der Waals surface area (Å²) < 4.78 is 5.21. The number of rotatable bonds is 7. The quantitative estimate of drug-likeness (QED) is 0.571. The average Bonchev–Trinajstić information content (AvgIpc) is 3.34. The predicted octanol–water partition coefficient (Wildman–Crippen LogP) is 1.68. The summed E-state index contributed by atoms with van der Waals surface area (Å²) in [6.45, 7) is 2.10. The van der Waals surface area contributed by atoms with Crippen molar-refractivity contribution in [1.29, 1.82) is 0 Å². The van der Waals surface area contributed by atoms with E-state index in [1.54, 1.807) is 6.92 Å². The van der Waals surface area contributed by atoms with Crippen LogP contribution >= 0.6 is 23.1 Å². The number of β-amino-alcohol motifs (C(OH)–C–C–N with tert-alkyl or cyclic N) is 1. The van der Waals surface area contributed by atoms with Crippen LogP contribution in [0.4, 0.5) is 5.00 Å². The summed E-state index contributed by atoms with van der Waals surface area (Å²) in [6, 6.07) is 0. The lowest BCUT2D eigenvalue weighted by atomic mass is 9.95. The number of ether oxygens (including phenoxy) is 1. The number of thiophene rings is 1. The van der Waals surface area contributed by atoms with Crippen molar-refractivity contribution in [3.05, 3.63) is 16.0 Å². The first kappa shape index (κ1) is 22.6. The molecule has 0 saturated heterocycles. The second kappa shape index (κ2) is 9.92. The van der Waals surface area contributed by atoms with E-state index in [9.17, 15) is 14.4 Å². The Kier molecular flexibility index (Phi) is 7.01. The Hall–Kier alpha value is -2.57. The zero-order valence-electron chi connectivity index (χ0n) is 17.5. The van der Waals surface area contributed by atoms with Gasteiger partial charge in [-0.1, -0.05) is 11.8 Å². The molecule has 2 aliphatic heterocycles. The Morgan fingerprint density at radius 1 is 1.34 bits per heavy atom. The molecule has 0 aromatic carbocycles. The van der Waals surface area contributed by atoms with Crippen molar-refractivity contribution in [2.75, 3.05) is 30.8 Å². The minimum atomic E-state index is -0.649. The molecule has 2 amide bonds. The number of aliphatic imine (C=N–C) groups is 2. The van der Waals surface area contributed by atoms with E-state index in [-0.39, 0.29) is 36.6 Å². The van der Waals surface area contributed by atoms with Crippen LogP contribution in [-0.2, 0) is 27.2 Å². The zero-order valence-corrected chi connectivity index (χ0v) is 19.1. The number of anilines is 1. The maximum Gasteiger partial charge on any atom is 0.341 e. The highest BCUT2D eigenvalue weighted by molar-refractivity contribution is 8.14. The molecular formula is C20H23N5O5S2. The predicted molar refractivity (Wildman–Crippen MR) is 124 cm³/mol. The molecule has 0 bridgehead atoms. The number of amides is 2. The maximum atomic E-state index is 12.6. The number of amidine groups is 2. The summed E-state index contributed by atoms with van der Waals surface area (Å²) in [5.74, 6) is -1.43. The lowest BCUT2D eigenvalue weighted by Gasteiger charge is -2.19. The summed E-state index contributed by atoms with van der Waals surface area (Å²) in [5, 5.41) is 18.2. The number of hydrogen-bond donors (Lipinski definition) is 2. The molecule has 1 aromatic rings. The average molecular weight is 478 g/mol. The molecule has 0 saturated carbocycles. The summed E-state index contributed by atoms with van der Waals surface area (Å²) in [6.07, 6.45) is 5.20. The Labute approximate surface area is 192 Å². The lowest BCUT2D eigenvalue weighted by molar-refractivity contribution is -0.118. The highest BCUT2D eigenvalue weighted by Gasteiger charge is 2.35. The molecule has 0 radical (unpaired) electrons. The van der Waals surface area contributed by atoms with Gasteiger partial charge in [0.1, 0.15) is 16.8 Å². The third-order valence-corrected chi connectivity index (χ3v) is 7.18. The molecule has 4 rings (SSSR count). The summed E-state index contributed by atoms with van der Waals surface area (Å²) in [5.41, 5.74) is 1.44. The van der Waals surface area contributed by atoms with Gasteiger partial charge in [-0.15, -0.1) is 11.3 Å². The molecule has 12 heteroatoms. The number of hydrazone groups is 1. The molecule has 3 aliphatic rings. The minimum absolute atomic E-state index is 0.0285. The molecule has 3 heterocycles. The van der Waals surface area contributed by atoms with Crippen molar-refractivity contribution in [2.45, 2.75) is 32.6 Å². The van der Waals surface area contributed by atoms with Crippen LogP contribution in [0.15, 0.2) is 15.1 Å². The standard InChI is InChI=1S/C20H23N5O5S2/c1-2-30-19(29)15-11-5-3-4-6-13(11)32-18(15)22-14(27)10-31-20-23-16-12(17(28)24-20)9-21-25(16)7-8-26/h9,12,26H,2-8,10H2,1H3,(H,22,27). The molecule has 0 spiro atoms. The Morgan fingerprint density at radius 2 is 2.16 bits per heavy atom. The van der Waals surface area contributed by atoms with Crippen molar-refractivity contribution in [2.24, 2.45) is 21.0 Å². The van der Waals surface area contributed by atoms with Crippen LogP contribution in [0.25, 0.3) is 0 Å². The van der Waals surface area contributed by atoms with Gasteiger partial charge in [-0.05, 0) is 38.2 Å². The van der Waals surface area contributed by atoms with Crippen LogP contribution in [0.2, 0.25) is 0 Å². The van der Waals surface area contributed by atoms with Crippen LogP contribution in [0.5, 0.6) is 0 Å². The topological polar surface area (TPSA) is 133 Å². The van der Waals surface area contributed by atoms with Crippen molar-refractivity contribution in [3.8, 4) is 0 Å².